The zero-order valence-electron chi connectivity index (χ0n) is 9.12. The first-order chi connectivity index (χ1) is 8.41. The minimum absolute atomic E-state index is 0.123. The van der Waals surface area contributed by atoms with Crippen LogP contribution in [0.4, 0.5) is 8.78 Å². The van der Waals surface area contributed by atoms with E-state index in [2.05, 4.69) is 21.0 Å². The van der Waals surface area contributed by atoms with Crippen molar-refractivity contribution in [2.24, 2.45) is 0 Å². The summed E-state index contributed by atoms with van der Waals surface area (Å²) in [5, 5.41) is 13.0. The molecular formula is C11H7BrF2N2O2. The molecule has 0 aliphatic carbocycles. The number of benzene rings is 1. The van der Waals surface area contributed by atoms with E-state index in [0.717, 1.165) is 16.8 Å². The summed E-state index contributed by atoms with van der Waals surface area (Å²) in [7, 11) is 0. The number of rotatable bonds is 2. The minimum atomic E-state index is -1.26. The average Bonchev–Trinajstić information content (AvgIpc) is 2.55. The van der Waals surface area contributed by atoms with Gasteiger partial charge in [-0.3, -0.25) is 0 Å². The molecule has 2 rings (SSSR count). The summed E-state index contributed by atoms with van der Waals surface area (Å²) in [6.07, 6.45) is 0. The normalized spacial score (nSPS) is 10.7. The number of carboxylic acids is 1. The Morgan fingerprint density at radius 2 is 2.11 bits per heavy atom. The molecule has 0 unspecified atom stereocenters. The fourth-order valence-corrected chi connectivity index (χ4v) is 1.94. The summed E-state index contributed by atoms with van der Waals surface area (Å²) in [5.74, 6) is -2.88. The molecule has 2 aromatic rings. The Kier molecular flexibility index (Phi) is 3.16. The van der Waals surface area contributed by atoms with Crippen LogP contribution in [0.3, 0.4) is 0 Å². The third kappa shape index (κ3) is 2.01. The molecule has 1 N–H and O–H groups in total. The largest absolute Gasteiger partial charge is 0.476 e. The molecule has 0 atom stereocenters. The van der Waals surface area contributed by atoms with Crippen LogP contribution >= 0.6 is 15.9 Å². The van der Waals surface area contributed by atoms with Gasteiger partial charge in [0.1, 0.15) is 11.5 Å². The van der Waals surface area contributed by atoms with Crippen molar-refractivity contribution in [1.29, 1.82) is 0 Å². The van der Waals surface area contributed by atoms with E-state index >= 15 is 0 Å². The maximum Gasteiger partial charge on any atom is 0.355 e. The molecule has 0 spiro atoms. The van der Waals surface area contributed by atoms with Gasteiger partial charge < -0.3 is 5.11 Å². The number of hydrogen-bond donors (Lipinski definition) is 1. The lowest BCUT2D eigenvalue weighted by Crippen LogP contribution is -2.10. The van der Waals surface area contributed by atoms with Crippen LogP contribution in [0.2, 0.25) is 0 Å². The highest BCUT2D eigenvalue weighted by Gasteiger charge is 2.22. The van der Waals surface area contributed by atoms with Gasteiger partial charge in [-0.05, 0) is 35.0 Å². The molecular weight excluding hydrogens is 310 g/mol. The van der Waals surface area contributed by atoms with Gasteiger partial charge in [0.15, 0.2) is 11.5 Å². The molecule has 0 radical (unpaired) electrons. The summed E-state index contributed by atoms with van der Waals surface area (Å²) in [4.78, 5) is 11.1. The molecule has 0 bridgehead atoms. The van der Waals surface area contributed by atoms with Crippen LogP contribution in [0.15, 0.2) is 22.7 Å². The Bertz CT molecular complexity index is 640. The van der Waals surface area contributed by atoms with E-state index in [1.54, 1.807) is 6.92 Å². The Morgan fingerprint density at radius 3 is 2.67 bits per heavy atom. The quantitative estimate of drug-likeness (QED) is 0.926. The third-order valence-corrected chi connectivity index (χ3v) is 3.28. The predicted octanol–water partition coefficient (Wildman–Crippen LogP) is 2.92. The summed E-state index contributed by atoms with van der Waals surface area (Å²) >= 11 is 3.08. The van der Waals surface area contributed by atoms with Crippen LogP contribution < -0.4 is 0 Å². The van der Waals surface area contributed by atoms with Crippen molar-refractivity contribution in [3.05, 3.63) is 45.7 Å². The molecule has 1 aromatic carbocycles. The second-order valence-electron chi connectivity index (χ2n) is 3.56. The Balaban J connectivity index is 2.71. The summed E-state index contributed by atoms with van der Waals surface area (Å²) < 4.78 is 27.6. The lowest BCUT2D eigenvalue weighted by atomic mass is 10.3. The van der Waals surface area contributed by atoms with Crippen LogP contribution in [-0.4, -0.2) is 20.9 Å². The highest BCUT2D eigenvalue weighted by Crippen LogP contribution is 2.25. The van der Waals surface area contributed by atoms with Gasteiger partial charge in [0, 0.05) is 6.07 Å². The van der Waals surface area contributed by atoms with Gasteiger partial charge in [-0.25, -0.2) is 18.3 Å². The first-order valence-corrected chi connectivity index (χ1v) is 5.65. The van der Waals surface area contributed by atoms with Gasteiger partial charge in [-0.1, -0.05) is 0 Å². The molecule has 0 aliphatic rings. The van der Waals surface area contributed by atoms with Crippen molar-refractivity contribution in [1.82, 2.24) is 9.78 Å². The molecule has 0 aliphatic heterocycles. The highest BCUT2D eigenvalue weighted by atomic mass is 79.9. The molecule has 0 fully saturated rings. The number of carbonyl (C=O) groups is 1. The summed E-state index contributed by atoms with van der Waals surface area (Å²) in [5.41, 5.74) is 0.0664. The van der Waals surface area contributed by atoms with Crippen molar-refractivity contribution >= 4 is 21.9 Å². The van der Waals surface area contributed by atoms with Gasteiger partial charge in [0.2, 0.25) is 0 Å². The number of nitrogens with zero attached hydrogens (tertiary/aromatic N) is 2. The summed E-state index contributed by atoms with van der Waals surface area (Å²) in [6.45, 7) is 1.58. The van der Waals surface area contributed by atoms with Crippen molar-refractivity contribution in [3.63, 3.8) is 0 Å². The van der Waals surface area contributed by atoms with E-state index in [1.165, 1.54) is 0 Å². The van der Waals surface area contributed by atoms with E-state index in [1.807, 2.05) is 0 Å². The maximum atomic E-state index is 13.6. The molecule has 0 saturated heterocycles. The SMILES string of the molecule is Cc1nn(-c2ccc(F)cc2F)c(C(=O)O)c1Br. The monoisotopic (exact) mass is 316 g/mol. The molecule has 94 valence electrons. The minimum Gasteiger partial charge on any atom is -0.476 e. The van der Waals surface area contributed by atoms with Crippen molar-refractivity contribution in [2.45, 2.75) is 6.92 Å². The predicted molar refractivity (Wildman–Crippen MR) is 62.9 cm³/mol. The molecule has 18 heavy (non-hydrogen) atoms. The van der Waals surface area contributed by atoms with Crippen molar-refractivity contribution in [3.8, 4) is 5.69 Å². The number of aromatic carboxylic acids is 1. The van der Waals surface area contributed by atoms with E-state index in [4.69, 9.17) is 5.11 Å². The standard InChI is InChI=1S/C11H7BrF2N2O2/c1-5-9(12)10(11(17)18)16(15-5)8-3-2-6(13)4-7(8)14/h2-4H,1H3,(H,17,18). The second kappa shape index (κ2) is 4.49. The number of aryl methyl sites for hydroxylation is 1. The van der Waals surface area contributed by atoms with Gasteiger partial charge in [0.25, 0.3) is 0 Å². The van der Waals surface area contributed by atoms with Gasteiger partial charge >= 0.3 is 5.97 Å². The average molecular weight is 317 g/mol. The van der Waals surface area contributed by atoms with E-state index in [-0.39, 0.29) is 15.9 Å². The van der Waals surface area contributed by atoms with Gasteiger partial charge in [-0.2, -0.15) is 5.10 Å². The fourth-order valence-electron chi connectivity index (χ4n) is 1.52. The number of hydrogen-bond acceptors (Lipinski definition) is 2. The van der Waals surface area contributed by atoms with Gasteiger partial charge in [-0.15, -0.1) is 0 Å². The van der Waals surface area contributed by atoms with Crippen LogP contribution in [-0.2, 0) is 0 Å². The molecule has 1 aromatic heterocycles. The lowest BCUT2D eigenvalue weighted by Gasteiger charge is -2.05. The van der Waals surface area contributed by atoms with Crippen LogP contribution in [0.5, 0.6) is 0 Å². The molecule has 1 heterocycles. The number of aromatic nitrogens is 2. The number of halogens is 3. The van der Waals surface area contributed by atoms with Crippen molar-refractivity contribution < 1.29 is 18.7 Å². The van der Waals surface area contributed by atoms with E-state index in [0.29, 0.717) is 11.8 Å². The Morgan fingerprint density at radius 1 is 1.44 bits per heavy atom. The number of carboxylic acid groups (broad SMARTS) is 1. The summed E-state index contributed by atoms with van der Waals surface area (Å²) in [6, 6.07) is 2.84. The highest BCUT2D eigenvalue weighted by molar-refractivity contribution is 9.10. The van der Waals surface area contributed by atoms with Crippen LogP contribution in [0.25, 0.3) is 5.69 Å². The Hall–Kier alpha value is -1.76. The molecule has 0 saturated carbocycles. The first kappa shape index (κ1) is 12.7. The molecule has 7 heteroatoms. The Labute approximate surface area is 109 Å². The van der Waals surface area contributed by atoms with E-state index in [9.17, 15) is 13.6 Å². The molecule has 0 amide bonds. The maximum absolute atomic E-state index is 13.6. The smallest absolute Gasteiger partial charge is 0.355 e. The first-order valence-electron chi connectivity index (χ1n) is 4.85. The van der Waals surface area contributed by atoms with Gasteiger partial charge in [0.05, 0.1) is 10.2 Å². The second-order valence-corrected chi connectivity index (χ2v) is 4.35. The van der Waals surface area contributed by atoms with Crippen LogP contribution in [0.1, 0.15) is 16.2 Å². The zero-order chi connectivity index (χ0) is 13.4. The van der Waals surface area contributed by atoms with E-state index < -0.39 is 17.6 Å². The third-order valence-electron chi connectivity index (χ3n) is 2.33. The van der Waals surface area contributed by atoms with Crippen LogP contribution in [0, 0.1) is 18.6 Å². The molecule has 4 nitrogen and oxygen atoms in total. The zero-order valence-corrected chi connectivity index (χ0v) is 10.7. The van der Waals surface area contributed by atoms with Crippen molar-refractivity contribution in [2.75, 3.05) is 0 Å². The topological polar surface area (TPSA) is 55.1 Å². The fraction of sp³-hybridized carbons (Fsp3) is 0.0909. The lowest BCUT2D eigenvalue weighted by molar-refractivity contribution is 0.0686.